The monoisotopic (exact) mass is 213 g/mol. The number of aliphatic hydroxyl groups is 1. The first-order valence-electron chi connectivity index (χ1n) is 4.26. The molecule has 0 saturated heterocycles. The molecule has 1 rings (SSSR count). The van der Waals surface area contributed by atoms with Crippen LogP contribution in [-0.4, -0.2) is 18.1 Å². The molecule has 0 fully saturated rings. The van der Waals surface area contributed by atoms with Gasteiger partial charge in [-0.1, -0.05) is 6.07 Å². The van der Waals surface area contributed by atoms with Gasteiger partial charge in [-0.3, -0.25) is 4.79 Å². The lowest BCUT2D eigenvalue weighted by atomic mass is 9.94. The standard InChI is InChI=1S/C10H12FNO3/c1-10(14,9(12)13)8-6(11)4-3-5-7(8)15-2/h3-5,14H,1-2H3,(H2,12,13). The van der Waals surface area contributed by atoms with E-state index in [9.17, 15) is 14.3 Å². The van der Waals surface area contributed by atoms with Gasteiger partial charge in [-0.05, 0) is 19.1 Å². The van der Waals surface area contributed by atoms with E-state index in [2.05, 4.69) is 0 Å². The fourth-order valence-corrected chi connectivity index (χ4v) is 1.27. The zero-order valence-electron chi connectivity index (χ0n) is 8.45. The van der Waals surface area contributed by atoms with Crippen LogP contribution in [0.2, 0.25) is 0 Å². The second kappa shape index (κ2) is 3.86. The molecule has 0 aliphatic carbocycles. The van der Waals surface area contributed by atoms with Gasteiger partial charge in [-0.2, -0.15) is 0 Å². The van der Waals surface area contributed by atoms with Crippen molar-refractivity contribution in [1.29, 1.82) is 0 Å². The van der Waals surface area contributed by atoms with Crippen molar-refractivity contribution in [3.63, 3.8) is 0 Å². The van der Waals surface area contributed by atoms with E-state index in [1.54, 1.807) is 0 Å². The van der Waals surface area contributed by atoms with Gasteiger partial charge in [0.25, 0.3) is 5.91 Å². The summed E-state index contributed by atoms with van der Waals surface area (Å²) in [7, 11) is 1.31. The maximum absolute atomic E-state index is 13.4. The van der Waals surface area contributed by atoms with Crippen LogP contribution < -0.4 is 10.5 Å². The first kappa shape index (κ1) is 11.5. The minimum absolute atomic E-state index is 0.0822. The number of hydrogen-bond acceptors (Lipinski definition) is 3. The van der Waals surface area contributed by atoms with Gasteiger partial charge in [-0.15, -0.1) is 0 Å². The number of benzene rings is 1. The third-order valence-electron chi connectivity index (χ3n) is 2.16. The molecule has 1 aromatic carbocycles. The highest BCUT2D eigenvalue weighted by Gasteiger charge is 2.35. The summed E-state index contributed by atoms with van der Waals surface area (Å²) in [4.78, 5) is 11.0. The number of rotatable bonds is 3. The minimum atomic E-state index is -2.09. The van der Waals surface area contributed by atoms with Crippen LogP contribution in [0.25, 0.3) is 0 Å². The molecule has 1 amide bonds. The maximum atomic E-state index is 13.4. The van der Waals surface area contributed by atoms with Crippen LogP contribution in [0.4, 0.5) is 4.39 Å². The average Bonchev–Trinajstić information content (AvgIpc) is 2.16. The summed E-state index contributed by atoms with van der Waals surface area (Å²) in [5.41, 5.74) is 2.65. The van der Waals surface area contributed by atoms with Crippen molar-refractivity contribution in [3.05, 3.63) is 29.6 Å². The number of carbonyl (C=O) groups excluding carboxylic acids is 1. The molecule has 0 aliphatic rings. The van der Waals surface area contributed by atoms with Crippen molar-refractivity contribution >= 4 is 5.91 Å². The fraction of sp³-hybridized carbons (Fsp3) is 0.300. The van der Waals surface area contributed by atoms with Gasteiger partial charge in [0.2, 0.25) is 0 Å². The highest BCUT2D eigenvalue weighted by molar-refractivity contribution is 5.85. The Kier molecular flexibility index (Phi) is 2.95. The largest absolute Gasteiger partial charge is 0.496 e. The number of methoxy groups -OCH3 is 1. The Hall–Kier alpha value is -1.62. The number of ether oxygens (including phenoxy) is 1. The third-order valence-corrected chi connectivity index (χ3v) is 2.16. The van der Waals surface area contributed by atoms with Crippen LogP contribution in [-0.2, 0) is 10.4 Å². The Balaban J connectivity index is 3.41. The Morgan fingerprint density at radius 1 is 1.60 bits per heavy atom. The highest BCUT2D eigenvalue weighted by atomic mass is 19.1. The molecule has 0 heterocycles. The van der Waals surface area contributed by atoms with E-state index in [4.69, 9.17) is 10.5 Å². The molecule has 3 N–H and O–H groups in total. The van der Waals surface area contributed by atoms with E-state index in [1.165, 1.54) is 19.2 Å². The molecule has 0 saturated carbocycles. The Labute approximate surface area is 86.5 Å². The molecule has 15 heavy (non-hydrogen) atoms. The number of amides is 1. The predicted octanol–water partition coefficient (Wildman–Crippen LogP) is 0.527. The number of primary amides is 1. The molecule has 1 aromatic rings. The van der Waals surface area contributed by atoms with Gasteiger partial charge < -0.3 is 15.6 Å². The molecule has 0 aromatic heterocycles. The van der Waals surface area contributed by atoms with Gasteiger partial charge in [0.05, 0.1) is 12.7 Å². The quantitative estimate of drug-likeness (QED) is 0.769. The molecule has 82 valence electrons. The Morgan fingerprint density at radius 2 is 2.20 bits per heavy atom. The van der Waals surface area contributed by atoms with E-state index in [1.807, 2.05) is 0 Å². The molecule has 1 atom stereocenters. The number of halogens is 1. The molecule has 5 heteroatoms. The lowest BCUT2D eigenvalue weighted by Gasteiger charge is -2.22. The SMILES string of the molecule is COc1cccc(F)c1C(C)(O)C(N)=O. The number of nitrogens with two attached hydrogens (primary N) is 1. The van der Waals surface area contributed by atoms with E-state index in [0.717, 1.165) is 13.0 Å². The molecule has 0 bridgehead atoms. The van der Waals surface area contributed by atoms with Crippen molar-refractivity contribution in [2.24, 2.45) is 5.73 Å². The first-order valence-corrected chi connectivity index (χ1v) is 4.26. The Morgan fingerprint density at radius 3 is 2.67 bits per heavy atom. The van der Waals surface area contributed by atoms with Gasteiger partial charge in [0.1, 0.15) is 11.6 Å². The fourth-order valence-electron chi connectivity index (χ4n) is 1.27. The zero-order valence-corrected chi connectivity index (χ0v) is 8.45. The first-order chi connectivity index (χ1) is 6.91. The van der Waals surface area contributed by atoms with Crippen molar-refractivity contribution < 1.29 is 19.0 Å². The molecule has 0 radical (unpaired) electrons. The van der Waals surface area contributed by atoms with Crippen LogP contribution in [0, 0.1) is 5.82 Å². The van der Waals surface area contributed by atoms with Crippen LogP contribution in [0.15, 0.2) is 18.2 Å². The number of hydrogen-bond donors (Lipinski definition) is 2. The van der Waals surface area contributed by atoms with Gasteiger partial charge in [0.15, 0.2) is 5.60 Å². The van der Waals surface area contributed by atoms with E-state index in [-0.39, 0.29) is 11.3 Å². The summed E-state index contributed by atoms with van der Waals surface area (Å²) >= 11 is 0. The van der Waals surface area contributed by atoms with Crippen molar-refractivity contribution in [1.82, 2.24) is 0 Å². The third kappa shape index (κ3) is 1.92. The summed E-state index contributed by atoms with van der Waals surface area (Å²) < 4.78 is 18.3. The molecule has 0 spiro atoms. The molecule has 1 unspecified atom stereocenters. The van der Waals surface area contributed by atoms with E-state index in [0.29, 0.717) is 0 Å². The van der Waals surface area contributed by atoms with E-state index >= 15 is 0 Å². The lowest BCUT2D eigenvalue weighted by molar-refractivity contribution is -0.135. The summed E-state index contributed by atoms with van der Waals surface area (Å²) in [5, 5.41) is 9.76. The van der Waals surface area contributed by atoms with Crippen molar-refractivity contribution in [2.75, 3.05) is 7.11 Å². The summed E-state index contributed by atoms with van der Waals surface area (Å²) in [6, 6.07) is 3.97. The second-order valence-corrected chi connectivity index (χ2v) is 3.25. The van der Waals surface area contributed by atoms with Gasteiger partial charge >= 0.3 is 0 Å². The average molecular weight is 213 g/mol. The second-order valence-electron chi connectivity index (χ2n) is 3.25. The zero-order chi connectivity index (χ0) is 11.6. The number of carbonyl (C=O) groups is 1. The summed E-state index contributed by atoms with van der Waals surface area (Å²) in [6.45, 7) is 1.12. The van der Waals surface area contributed by atoms with E-state index < -0.39 is 17.3 Å². The predicted molar refractivity (Wildman–Crippen MR) is 51.7 cm³/mol. The topological polar surface area (TPSA) is 72.6 Å². The summed E-state index contributed by atoms with van der Waals surface area (Å²) in [6.07, 6.45) is 0. The lowest BCUT2D eigenvalue weighted by Crippen LogP contribution is -2.39. The molecule has 0 aliphatic heterocycles. The van der Waals surface area contributed by atoms with Crippen LogP contribution >= 0.6 is 0 Å². The maximum Gasteiger partial charge on any atom is 0.254 e. The highest BCUT2D eigenvalue weighted by Crippen LogP contribution is 2.31. The normalized spacial score (nSPS) is 14.4. The minimum Gasteiger partial charge on any atom is -0.496 e. The smallest absolute Gasteiger partial charge is 0.254 e. The molecular weight excluding hydrogens is 201 g/mol. The Bertz CT molecular complexity index is 390. The van der Waals surface area contributed by atoms with Crippen LogP contribution in [0.3, 0.4) is 0 Å². The van der Waals surface area contributed by atoms with Crippen molar-refractivity contribution in [2.45, 2.75) is 12.5 Å². The van der Waals surface area contributed by atoms with Crippen molar-refractivity contribution in [3.8, 4) is 5.75 Å². The molecule has 4 nitrogen and oxygen atoms in total. The summed E-state index contributed by atoms with van der Waals surface area (Å²) in [5.74, 6) is -1.69. The van der Waals surface area contributed by atoms with Crippen LogP contribution in [0.5, 0.6) is 5.75 Å². The molecular formula is C10H12FNO3. The van der Waals surface area contributed by atoms with Gasteiger partial charge in [0, 0.05) is 0 Å². The van der Waals surface area contributed by atoms with Gasteiger partial charge in [-0.25, -0.2) is 4.39 Å². The van der Waals surface area contributed by atoms with Crippen LogP contribution in [0.1, 0.15) is 12.5 Å².